The lowest BCUT2D eigenvalue weighted by molar-refractivity contribution is 0.521. The molecule has 1 N–H and O–H groups in total. The van der Waals surface area contributed by atoms with E-state index < -0.39 is 0 Å². The molecule has 0 fully saturated rings. The van der Waals surface area contributed by atoms with Gasteiger partial charge in [0.2, 0.25) is 0 Å². The molecule has 1 aromatic heterocycles. The highest BCUT2D eigenvalue weighted by Gasteiger charge is 2.15. The molecule has 2 aromatic rings. The smallest absolute Gasteiger partial charge is 0.123 e. The van der Waals surface area contributed by atoms with Crippen molar-refractivity contribution in [3.63, 3.8) is 0 Å². The Bertz CT molecular complexity index is 551. The van der Waals surface area contributed by atoms with Crippen LogP contribution in [0.25, 0.3) is 0 Å². The highest BCUT2D eigenvalue weighted by atomic mass is 32.1. The minimum Gasteiger partial charge on any atom is -0.314 e. The van der Waals surface area contributed by atoms with Crippen LogP contribution in [0.3, 0.4) is 0 Å². The van der Waals surface area contributed by atoms with E-state index in [1.165, 1.54) is 6.07 Å². The number of hydrogen-bond donors (Lipinski definition) is 1. The van der Waals surface area contributed by atoms with Crippen LogP contribution in [0.5, 0.6) is 0 Å². The van der Waals surface area contributed by atoms with Gasteiger partial charge in [0, 0.05) is 23.9 Å². The number of nitrogens with zero attached hydrogens (tertiary/aromatic N) is 1. The van der Waals surface area contributed by atoms with E-state index in [1.807, 2.05) is 13.0 Å². The molecule has 0 aliphatic rings. The summed E-state index contributed by atoms with van der Waals surface area (Å²) in [5, 5.41) is 6.62. The third-order valence-corrected chi connectivity index (χ3v) is 4.04. The van der Waals surface area contributed by atoms with Crippen molar-refractivity contribution in [2.45, 2.75) is 39.2 Å². The highest BCUT2D eigenvalue weighted by molar-refractivity contribution is 7.09. The molecule has 1 atom stereocenters. The number of aryl methyl sites for hydroxylation is 1. The summed E-state index contributed by atoms with van der Waals surface area (Å²) < 4.78 is 13.4. The Morgan fingerprint density at radius 3 is 2.75 bits per heavy atom. The Hall–Kier alpha value is -1.26. The van der Waals surface area contributed by atoms with E-state index in [0.29, 0.717) is 6.04 Å². The zero-order valence-corrected chi connectivity index (χ0v) is 13.0. The lowest BCUT2D eigenvalue weighted by Gasteiger charge is -2.19. The first kappa shape index (κ1) is 15.1. The third kappa shape index (κ3) is 4.39. The van der Waals surface area contributed by atoms with Crippen molar-refractivity contribution in [1.82, 2.24) is 10.3 Å². The predicted octanol–water partition coefficient (Wildman–Crippen LogP) is 3.91. The number of nitrogens with one attached hydrogen (secondary N) is 1. The van der Waals surface area contributed by atoms with Gasteiger partial charge in [-0.3, -0.25) is 0 Å². The summed E-state index contributed by atoms with van der Waals surface area (Å²) in [4.78, 5) is 4.52. The van der Waals surface area contributed by atoms with Gasteiger partial charge in [-0.05, 0) is 31.0 Å². The standard InChI is InChI=1S/C16H21FN2S/c1-11(2)18-9-14(8-16-10-20-12(3)19-16)13-5-4-6-15(17)7-13/h4-7,10-11,14,18H,8-9H2,1-3H3. The van der Waals surface area contributed by atoms with Crippen LogP contribution in [-0.4, -0.2) is 17.6 Å². The van der Waals surface area contributed by atoms with Gasteiger partial charge in [-0.2, -0.15) is 0 Å². The van der Waals surface area contributed by atoms with E-state index >= 15 is 0 Å². The summed E-state index contributed by atoms with van der Waals surface area (Å²) in [6, 6.07) is 7.31. The van der Waals surface area contributed by atoms with Crippen LogP contribution in [0.1, 0.15) is 36.0 Å². The van der Waals surface area contributed by atoms with Crippen molar-refractivity contribution in [1.29, 1.82) is 0 Å². The van der Waals surface area contributed by atoms with Gasteiger partial charge in [-0.25, -0.2) is 9.37 Å². The summed E-state index contributed by atoms with van der Waals surface area (Å²) in [5.41, 5.74) is 2.12. The number of thiazole rings is 1. The molecule has 1 aromatic carbocycles. The second-order valence-electron chi connectivity index (χ2n) is 5.38. The molecule has 1 unspecified atom stereocenters. The fourth-order valence-electron chi connectivity index (χ4n) is 2.20. The van der Waals surface area contributed by atoms with Gasteiger partial charge < -0.3 is 5.32 Å². The van der Waals surface area contributed by atoms with Crippen LogP contribution in [0.2, 0.25) is 0 Å². The van der Waals surface area contributed by atoms with E-state index in [0.717, 1.165) is 29.2 Å². The van der Waals surface area contributed by atoms with Gasteiger partial charge in [0.15, 0.2) is 0 Å². The zero-order valence-electron chi connectivity index (χ0n) is 12.2. The van der Waals surface area contributed by atoms with Crippen LogP contribution in [0, 0.1) is 12.7 Å². The number of hydrogen-bond acceptors (Lipinski definition) is 3. The highest BCUT2D eigenvalue weighted by Crippen LogP contribution is 2.22. The summed E-state index contributed by atoms with van der Waals surface area (Å²) in [5.74, 6) is 0.0705. The fraction of sp³-hybridized carbons (Fsp3) is 0.438. The Balaban J connectivity index is 2.15. The molecule has 0 saturated carbocycles. The molecule has 4 heteroatoms. The average molecular weight is 292 g/mol. The maximum absolute atomic E-state index is 13.4. The lowest BCUT2D eigenvalue weighted by atomic mass is 9.94. The summed E-state index contributed by atoms with van der Waals surface area (Å²) >= 11 is 1.66. The second kappa shape index (κ2) is 6.95. The molecule has 20 heavy (non-hydrogen) atoms. The van der Waals surface area contributed by atoms with Gasteiger partial charge in [0.25, 0.3) is 0 Å². The number of halogens is 1. The van der Waals surface area contributed by atoms with Gasteiger partial charge in [0.1, 0.15) is 5.82 Å². The van der Waals surface area contributed by atoms with E-state index in [9.17, 15) is 4.39 Å². The van der Waals surface area contributed by atoms with Gasteiger partial charge in [0.05, 0.1) is 10.7 Å². The molecule has 0 aliphatic carbocycles. The Morgan fingerprint density at radius 2 is 2.15 bits per heavy atom. The Morgan fingerprint density at radius 1 is 1.35 bits per heavy atom. The second-order valence-corrected chi connectivity index (χ2v) is 6.44. The SMILES string of the molecule is Cc1nc(CC(CNC(C)C)c2cccc(F)c2)cs1. The van der Waals surface area contributed by atoms with Crippen LogP contribution in [-0.2, 0) is 6.42 Å². The van der Waals surface area contributed by atoms with Crippen molar-refractivity contribution in [2.75, 3.05) is 6.54 Å². The van der Waals surface area contributed by atoms with Gasteiger partial charge in [-0.1, -0.05) is 26.0 Å². The molecular formula is C16H21FN2S. The van der Waals surface area contributed by atoms with Crippen molar-refractivity contribution >= 4 is 11.3 Å². The maximum Gasteiger partial charge on any atom is 0.123 e. The molecule has 2 nitrogen and oxygen atoms in total. The molecule has 0 radical (unpaired) electrons. The molecule has 0 aliphatic heterocycles. The molecule has 0 saturated heterocycles. The van der Waals surface area contributed by atoms with Crippen LogP contribution in [0.4, 0.5) is 4.39 Å². The Labute approximate surface area is 124 Å². The molecule has 0 amide bonds. The summed E-state index contributed by atoms with van der Waals surface area (Å²) in [6.07, 6.45) is 0.841. The molecule has 0 bridgehead atoms. The maximum atomic E-state index is 13.4. The average Bonchev–Trinajstić information content (AvgIpc) is 2.80. The predicted molar refractivity (Wildman–Crippen MR) is 82.8 cm³/mol. The molecule has 0 spiro atoms. The number of benzene rings is 1. The van der Waals surface area contributed by atoms with Crippen molar-refractivity contribution in [3.05, 3.63) is 51.7 Å². The minimum absolute atomic E-state index is 0.175. The first-order valence-corrected chi connectivity index (χ1v) is 7.82. The quantitative estimate of drug-likeness (QED) is 0.873. The third-order valence-electron chi connectivity index (χ3n) is 3.21. The first-order valence-electron chi connectivity index (χ1n) is 6.94. The lowest BCUT2D eigenvalue weighted by Crippen LogP contribution is -2.29. The van der Waals surface area contributed by atoms with Crippen LogP contribution < -0.4 is 5.32 Å². The van der Waals surface area contributed by atoms with Crippen LogP contribution >= 0.6 is 11.3 Å². The molecular weight excluding hydrogens is 271 g/mol. The van der Waals surface area contributed by atoms with Crippen LogP contribution in [0.15, 0.2) is 29.6 Å². The van der Waals surface area contributed by atoms with Crippen molar-refractivity contribution in [3.8, 4) is 0 Å². The first-order chi connectivity index (χ1) is 9.54. The van der Waals surface area contributed by atoms with E-state index in [-0.39, 0.29) is 11.7 Å². The summed E-state index contributed by atoms with van der Waals surface area (Å²) in [7, 11) is 0. The van der Waals surface area contributed by atoms with E-state index in [2.05, 4.69) is 29.5 Å². The fourth-order valence-corrected chi connectivity index (χ4v) is 2.83. The topological polar surface area (TPSA) is 24.9 Å². The molecule has 1 heterocycles. The van der Waals surface area contributed by atoms with Crippen molar-refractivity contribution < 1.29 is 4.39 Å². The Kier molecular flexibility index (Phi) is 5.26. The van der Waals surface area contributed by atoms with Crippen molar-refractivity contribution in [2.24, 2.45) is 0 Å². The molecule has 108 valence electrons. The largest absolute Gasteiger partial charge is 0.314 e. The number of aromatic nitrogens is 1. The monoisotopic (exact) mass is 292 g/mol. The van der Waals surface area contributed by atoms with E-state index in [1.54, 1.807) is 23.5 Å². The normalized spacial score (nSPS) is 12.8. The van der Waals surface area contributed by atoms with Gasteiger partial charge >= 0.3 is 0 Å². The summed E-state index contributed by atoms with van der Waals surface area (Å²) in [6.45, 7) is 7.08. The minimum atomic E-state index is -0.175. The van der Waals surface area contributed by atoms with Gasteiger partial charge in [-0.15, -0.1) is 11.3 Å². The molecule has 2 rings (SSSR count). The van der Waals surface area contributed by atoms with E-state index in [4.69, 9.17) is 0 Å². The number of rotatable bonds is 6. The zero-order chi connectivity index (χ0) is 14.5.